The number of carbonyl (C=O) groups excluding carboxylic acids is 1. The van der Waals surface area contributed by atoms with Crippen molar-refractivity contribution in [2.24, 2.45) is 0 Å². The van der Waals surface area contributed by atoms with Gasteiger partial charge in [0.2, 0.25) is 5.78 Å². The van der Waals surface area contributed by atoms with Crippen molar-refractivity contribution < 1.29 is 24.6 Å². The van der Waals surface area contributed by atoms with E-state index in [4.69, 9.17) is 10.2 Å². The van der Waals surface area contributed by atoms with Gasteiger partial charge in [-0.15, -0.1) is 0 Å². The minimum absolute atomic E-state index is 0.0254. The second kappa shape index (κ2) is 4.83. The Bertz CT molecular complexity index is 463. The van der Waals surface area contributed by atoms with Crippen LogP contribution < -0.4 is 0 Å². The second-order valence-corrected chi connectivity index (χ2v) is 2.77. The van der Waals surface area contributed by atoms with Crippen LogP contribution in [-0.4, -0.2) is 32.9 Å². The van der Waals surface area contributed by atoms with Crippen LogP contribution in [0.4, 0.5) is 0 Å². The summed E-state index contributed by atoms with van der Waals surface area (Å²) in [5, 5.41) is 17.1. The molecule has 0 aliphatic rings. The molecule has 0 amide bonds. The Morgan fingerprint density at radius 1 is 1.25 bits per heavy atom. The van der Waals surface area contributed by atoms with Crippen molar-refractivity contribution >= 4 is 17.7 Å². The molecule has 6 nitrogen and oxygen atoms in total. The molecule has 0 unspecified atom stereocenters. The molecular formula is C10H7NO5. The zero-order valence-corrected chi connectivity index (χ0v) is 7.95. The molecule has 1 aromatic rings. The number of nitrogens with zero attached hydrogens (tertiary/aromatic N) is 1. The number of ketones is 1. The predicted molar refractivity (Wildman–Crippen MR) is 51.9 cm³/mol. The van der Waals surface area contributed by atoms with E-state index in [1.54, 1.807) is 0 Å². The fourth-order valence-corrected chi connectivity index (χ4v) is 1.00. The van der Waals surface area contributed by atoms with Gasteiger partial charge >= 0.3 is 11.9 Å². The number of hydrogen-bond acceptors (Lipinski definition) is 4. The average molecular weight is 221 g/mol. The molecular weight excluding hydrogens is 214 g/mol. The van der Waals surface area contributed by atoms with Gasteiger partial charge in [-0.2, -0.15) is 0 Å². The Hall–Kier alpha value is -2.50. The van der Waals surface area contributed by atoms with E-state index >= 15 is 0 Å². The normalized spacial score (nSPS) is 10.9. The molecule has 0 fully saturated rings. The molecule has 1 aromatic heterocycles. The Kier molecular flexibility index (Phi) is 3.49. The minimum atomic E-state index is -1.59. The molecule has 1 heterocycles. The first-order valence-corrected chi connectivity index (χ1v) is 4.15. The van der Waals surface area contributed by atoms with Gasteiger partial charge in [-0.25, -0.2) is 9.59 Å². The van der Waals surface area contributed by atoms with E-state index in [1.807, 2.05) is 0 Å². The highest BCUT2D eigenvalue weighted by Crippen LogP contribution is 2.07. The van der Waals surface area contributed by atoms with Gasteiger partial charge in [0.25, 0.3) is 0 Å². The zero-order chi connectivity index (χ0) is 12.1. The Morgan fingerprint density at radius 2 is 1.94 bits per heavy atom. The molecule has 0 aliphatic carbocycles. The third kappa shape index (κ3) is 2.74. The predicted octanol–water partition coefficient (Wildman–Crippen LogP) is 0.360. The number of aliphatic carboxylic acids is 2. The van der Waals surface area contributed by atoms with Gasteiger partial charge in [0.15, 0.2) is 0 Å². The first-order chi connectivity index (χ1) is 7.52. The van der Waals surface area contributed by atoms with E-state index in [9.17, 15) is 14.4 Å². The maximum Gasteiger partial charge on any atom is 0.339 e. The lowest BCUT2D eigenvalue weighted by Crippen LogP contribution is -2.14. The molecule has 6 heteroatoms. The van der Waals surface area contributed by atoms with Crippen LogP contribution in [0.5, 0.6) is 0 Å². The van der Waals surface area contributed by atoms with E-state index < -0.39 is 23.3 Å². The molecule has 0 saturated heterocycles. The van der Waals surface area contributed by atoms with Crippen molar-refractivity contribution in [3.05, 3.63) is 41.7 Å². The van der Waals surface area contributed by atoms with Crippen LogP contribution in [-0.2, 0) is 9.59 Å². The third-order valence-electron chi connectivity index (χ3n) is 1.67. The smallest absolute Gasteiger partial charge is 0.339 e. The largest absolute Gasteiger partial charge is 0.478 e. The molecule has 0 saturated carbocycles. The first-order valence-electron chi connectivity index (χ1n) is 4.15. The minimum Gasteiger partial charge on any atom is -0.478 e. The molecule has 1 rings (SSSR count). The van der Waals surface area contributed by atoms with E-state index in [-0.39, 0.29) is 5.56 Å². The highest BCUT2D eigenvalue weighted by atomic mass is 16.4. The molecule has 16 heavy (non-hydrogen) atoms. The quantitative estimate of drug-likeness (QED) is 0.329. The van der Waals surface area contributed by atoms with Gasteiger partial charge in [0.1, 0.15) is 5.57 Å². The lowest BCUT2D eigenvalue weighted by molar-refractivity contribution is -0.134. The maximum atomic E-state index is 11.6. The zero-order valence-electron chi connectivity index (χ0n) is 7.95. The lowest BCUT2D eigenvalue weighted by Gasteiger charge is -1.99. The van der Waals surface area contributed by atoms with Gasteiger partial charge in [0.05, 0.1) is 0 Å². The van der Waals surface area contributed by atoms with Crippen LogP contribution in [0.1, 0.15) is 10.4 Å². The Balaban J connectivity index is 3.12. The molecule has 0 atom stereocenters. The van der Waals surface area contributed by atoms with E-state index in [0.717, 1.165) is 0 Å². The first kappa shape index (κ1) is 11.6. The third-order valence-corrected chi connectivity index (χ3v) is 1.67. The number of carboxylic acid groups (broad SMARTS) is 2. The van der Waals surface area contributed by atoms with Crippen LogP contribution in [0.15, 0.2) is 36.2 Å². The summed E-state index contributed by atoms with van der Waals surface area (Å²) in [5.74, 6) is -3.96. The number of carboxylic acids is 2. The summed E-state index contributed by atoms with van der Waals surface area (Å²) < 4.78 is 0. The summed E-state index contributed by atoms with van der Waals surface area (Å²) in [4.78, 5) is 36.2. The van der Waals surface area contributed by atoms with Gasteiger partial charge in [-0.05, 0) is 12.1 Å². The molecule has 82 valence electrons. The second-order valence-electron chi connectivity index (χ2n) is 2.77. The average Bonchev–Trinajstić information content (AvgIpc) is 2.25. The number of rotatable bonds is 4. The summed E-state index contributed by atoms with van der Waals surface area (Å²) in [6, 6.07) is 2.81. The van der Waals surface area contributed by atoms with Crippen LogP contribution in [0, 0.1) is 0 Å². The van der Waals surface area contributed by atoms with Crippen LogP contribution >= 0.6 is 0 Å². The molecule has 0 spiro atoms. The molecule has 0 bridgehead atoms. The number of hydrogen-bond donors (Lipinski definition) is 2. The number of carbonyl (C=O) groups is 3. The number of aromatic nitrogens is 1. The van der Waals surface area contributed by atoms with Crippen LogP contribution in [0.2, 0.25) is 0 Å². The highest BCUT2D eigenvalue weighted by Gasteiger charge is 2.20. The SMILES string of the molecule is O=C(O)C=C(C(=O)O)C(=O)c1cccnc1. The Morgan fingerprint density at radius 3 is 2.38 bits per heavy atom. The van der Waals surface area contributed by atoms with Gasteiger partial charge in [-0.3, -0.25) is 9.78 Å². The van der Waals surface area contributed by atoms with Crippen LogP contribution in [0.25, 0.3) is 0 Å². The molecule has 0 aliphatic heterocycles. The van der Waals surface area contributed by atoms with Crippen molar-refractivity contribution in [3.63, 3.8) is 0 Å². The monoisotopic (exact) mass is 221 g/mol. The van der Waals surface area contributed by atoms with E-state index in [0.29, 0.717) is 6.08 Å². The fraction of sp³-hybridized carbons (Fsp3) is 0. The van der Waals surface area contributed by atoms with Gasteiger partial charge in [0, 0.05) is 24.0 Å². The van der Waals surface area contributed by atoms with Crippen molar-refractivity contribution in [1.29, 1.82) is 0 Å². The van der Waals surface area contributed by atoms with Crippen molar-refractivity contribution in [3.8, 4) is 0 Å². The summed E-state index contributed by atoms with van der Waals surface area (Å²) in [7, 11) is 0. The summed E-state index contributed by atoms with van der Waals surface area (Å²) in [5.41, 5.74) is -0.780. The van der Waals surface area contributed by atoms with Crippen LogP contribution in [0.3, 0.4) is 0 Å². The van der Waals surface area contributed by atoms with Crippen molar-refractivity contribution in [2.45, 2.75) is 0 Å². The molecule has 0 aromatic carbocycles. The Labute approximate surface area is 89.9 Å². The van der Waals surface area contributed by atoms with E-state index in [1.165, 1.54) is 24.5 Å². The summed E-state index contributed by atoms with van der Waals surface area (Å²) in [6.45, 7) is 0. The van der Waals surface area contributed by atoms with Gasteiger partial charge in [-0.1, -0.05) is 0 Å². The van der Waals surface area contributed by atoms with Crippen molar-refractivity contribution in [2.75, 3.05) is 0 Å². The topological polar surface area (TPSA) is 105 Å². The maximum absolute atomic E-state index is 11.6. The number of pyridine rings is 1. The fourth-order valence-electron chi connectivity index (χ4n) is 1.00. The van der Waals surface area contributed by atoms with Crippen molar-refractivity contribution in [1.82, 2.24) is 4.98 Å². The summed E-state index contributed by atoms with van der Waals surface area (Å²) in [6.07, 6.45) is 2.94. The lowest BCUT2D eigenvalue weighted by atomic mass is 10.1. The molecule has 2 N–H and O–H groups in total. The molecule has 0 radical (unpaired) electrons. The standard InChI is InChI=1S/C10H7NO5/c12-8(13)4-7(10(15)16)9(14)6-2-1-3-11-5-6/h1-5H,(H,12,13)(H,15,16). The highest BCUT2D eigenvalue weighted by molar-refractivity contribution is 6.25. The summed E-state index contributed by atoms with van der Waals surface area (Å²) >= 11 is 0. The number of Topliss-reactive ketones (excluding diaryl/α,β-unsaturated/α-hetero) is 1. The van der Waals surface area contributed by atoms with Gasteiger partial charge < -0.3 is 10.2 Å². The van der Waals surface area contributed by atoms with E-state index in [2.05, 4.69) is 4.98 Å².